The third-order valence-corrected chi connectivity index (χ3v) is 3.94. The number of ether oxygens (including phenoxy) is 1. The van der Waals surface area contributed by atoms with Crippen LogP contribution >= 0.6 is 11.3 Å². The zero-order chi connectivity index (χ0) is 14.4. The largest absolute Gasteiger partial charge is 0.481 e. The highest BCUT2D eigenvalue weighted by molar-refractivity contribution is 7.13. The number of anilines is 1. The van der Waals surface area contributed by atoms with Crippen LogP contribution in [0.5, 0.6) is 0 Å². The molecule has 1 amide bonds. The first-order chi connectivity index (χ1) is 9.65. The average Bonchev–Trinajstić information content (AvgIpc) is 2.87. The van der Waals surface area contributed by atoms with E-state index in [2.05, 4.69) is 10.3 Å². The molecule has 2 heterocycles. The molecule has 1 aromatic heterocycles. The van der Waals surface area contributed by atoms with E-state index in [0.717, 1.165) is 25.1 Å². The summed E-state index contributed by atoms with van der Waals surface area (Å²) in [5.41, 5.74) is 0.825. The molecular weight excluding hydrogens is 280 g/mol. The van der Waals surface area contributed by atoms with Crippen LogP contribution in [0, 0.1) is 5.92 Å². The second-order valence-electron chi connectivity index (χ2n) is 4.79. The van der Waals surface area contributed by atoms with Crippen LogP contribution in [0.1, 0.15) is 31.4 Å². The fourth-order valence-corrected chi connectivity index (χ4v) is 2.80. The van der Waals surface area contributed by atoms with E-state index in [9.17, 15) is 9.59 Å². The van der Waals surface area contributed by atoms with Crippen LogP contribution in [0.2, 0.25) is 0 Å². The van der Waals surface area contributed by atoms with Crippen LogP contribution in [0.15, 0.2) is 5.38 Å². The summed E-state index contributed by atoms with van der Waals surface area (Å²) >= 11 is 1.37. The van der Waals surface area contributed by atoms with Crippen LogP contribution in [-0.4, -0.2) is 35.2 Å². The first-order valence-electron chi connectivity index (χ1n) is 6.70. The van der Waals surface area contributed by atoms with Gasteiger partial charge in [-0.15, -0.1) is 11.3 Å². The lowest BCUT2D eigenvalue weighted by atomic mass is 10.0. The van der Waals surface area contributed by atoms with Gasteiger partial charge in [-0.1, -0.05) is 0 Å². The zero-order valence-electron chi connectivity index (χ0n) is 11.1. The Kier molecular flexibility index (Phi) is 5.49. The van der Waals surface area contributed by atoms with Gasteiger partial charge >= 0.3 is 5.97 Å². The van der Waals surface area contributed by atoms with E-state index in [0.29, 0.717) is 24.6 Å². The van der Waals surface area contributed by atoms with Gasteiger partial charge in [0.2, 0.25) is 5.91 Å². The highest BCUT2D eigenvalue weighted by Crippen LogP contribution is 2.20. The van der Waals surface area contributed by atoms with Crippen LogP contribution < -0.4 is 5.32 Å². The highest BCUT2D eigenvalue weighted by atomic mass is 32.1. The van der Waals surface area contributed by atoms with E-state index in [4.69, 9.17) is 9.84 Å². The molecule has 0 aromatic carbocycles. The van der Waals surface area contributed by atoms with E-state index >= 15 is 0 Å². The molecule has 0 bridgehead atoms. The molecule has 2 N–H and O–H groups in total. The molecule has 0 aliphatic carbocycles. The topological polar surface area (TPSA) is 88.5 Å². The second-order valence-corrected chi connectivity index (χ2v) is 5.65. The summed E-state index contributed by atoms with van der Waals surface area (Å²) < 4.78 is 5.29. The summed E-state index contributed by atoms with van der Waals surface area (Å²) in [7, 11) is 0. The van der Waals surface area contributed by atoms with Crippen molar-refractivity contribution in [3.05, 3.63) is 11.1 Å². The maximum atomic E-state index is 12.0. The Morgan fingerprint density at radius 1 is 1.55 bits per heavy atom. The first kappa shape index (κ1) is 14.9. The molecule has 110 valence electrons. The molecule has 7 heteroatoms. The number of hydrogen-bond acceptors (Lipinski definition) is 5. The van der Waals surface area contributed by atoms with E-state index < -0.39 is 5.97 Å². The number of nitrogens with one attached hydrogen (secondary N) is 1. The number of carbonyl (C=O) groups excluding carboxylic acids is 1. The van der Waals surface area contributed by atoms with Crippen molar-refractivity contribution in [2.45, 2.75) is 32.1 Å². The Balaban J connectivity index is 1.79. The molecule has 20 heavy (non-hydrogen) atoms. The summed E-state index contributed by atoms with van der Waals surface area (Å²) in [4.78, 5) is 26.7. The number of aromatic nitrogens is 1. The third-order valence-electron chi connectivity index (χ3n) is 3.14. The van der Waals surface area contributed by atoms with Crippen molar-refractivity contribution < 1.29 is 19.4 Å². The quantitative estimate of drug-likeness (QED) is 0.837. The number of carbonyl (C=O) groups is 2. The first-order valence-corrected chi connectivity index (χ1v) is 7.58. The minimum atomic E-state index is -0.800. The summed E-state index contributed by atoms with van der Waals surface area (Å²) in [5.74, 6) is -0.940. The average molecular weight is 298 g/mol. The number of rotatable bonds is 6. The van der Waals surface area contributed by atoms with Crippen LogP contribution in [-0.2, 0) is 20.7 Å². The monoisotopic (exact) mass is 298 g/mol. The van der Waals surface area contributed by atoms with E-state index in [-0.39, 0.29) is 18.2 Å². The molecule has 2 rings (SSSR count). The maximum Gasteiger partial charge on any atom is 0.303 e. The number of nitrogens with zero attached hydrogens (tertiary/aromatic N) is 1. The number of carboxylic acids is 1. The third kappa shape index (κ3) is 4.57. The minimum Gasteiger partial charge on any atom is -0.481 e. The second kappa shape index (κ2) is 7.35. The molecule has 1 atom stereocenters. The van der Waals surface area contributed by atoms with Gasteiger partial charge in [0.25, 0.3) is 0 Å². The molecule has 1 unspecified atom stereocenters. The van der Waals surface area contributed by atoms with Gasteiger partial charge in [0, 0.05) is 18.4 Å². The summed E-state index contributed by atoms with van der Waals surface area (Å²) in [6.07, 6.45) is 3.08. The molecule has 1 aliphatic heterocycles. The number of amides is 1. The molecule has 6 nitrogen and oxygen atoms in total. The Morgan fingerprint density at radius 2 is 2.40 bits per heavy atom. The van der Waals surface area contributed by atoms with E-state index in [1.807, 2.05) is 5.38 Å². The lowest BCUT2D eigenvalue weighted by molar-refractivity contribution is -0.137. The number of carboxylic acid groups (broad SMARTS) is 1. The molecular formula is C13H18N2O4S. The lowest BCUT2D eigenvalue weighted by Crippen LogP contribution is -2.30. The van der Waals surface area contributed by atoms with E-state index in [1.54, 1.807) is 0 Å². The molecule has 1 saturated heterocycles. The highest BCUT2D eigenvalue weighted by Gasteiger charge is 2.22. The fourth-order valence-electron chi connectivity index (χ4n) is 2.05. The fraction of sp³-hybridized carbons (Fsp3) is 0.615. The summed E-state index contributed by atoms with van der Waals surface area (Å²) in [5, 5.41) is 13.8. The van der Waals surface area contributed by atoms with Crippen LogP contribution in [0.3, 0.4) is 0 Å². The number of aryl methyl sites for hydroxylation is 1. The zero-order valence-corrected chi connectivity index (χ0v) is 11.9. The van der Waals surface area contributed by atoms with Crippen LogP contribution in [0.25, 0.3) is 0 Å². The van der Waals surface area contributed by atoms with Gasteiger partial charge in [-0.25, -0.2) is 4.98 Å². The van der Waals surface area contributed by atoms with Gasteiger partial charge < -0.3 is 15.2 Å². The minimum absolute atomic E-state index is 0.0452. The number of thiazole rings is 1. The molecule has 1 aromatic rings. The van der Waals surface area contributed by atoms with Crippen molar-refractivity contribution >= 4 is 28.3 Å². The van der Waals surface area contributed by atoms with Crippen molar-refractivity contribution in [2.75, 3.05) is 18.5 Å². The maximum absolute atomic E-state index is 12.0. The van der Waals surface area contributed by atoms with Gasteiger partial charge in [-0.3, -0.25) is 9.59 Å². The van der Waals surface area contributed by atoms with Crippen molar-refractivity contribution in [1.82, 2.24) is 4.98 Å². The van der Waals surface area contributed by atoms with Gasteiger partial charge in [0.15, 0.2) is 5.13 Å². The molecule has 1 aliphatic rings. The molecule has 1 fully saturated rings. The summed E-state index contributed by atoms with van der Waals surface area (Å²) in [6.45, 7) is 1.21. The Bertz CT molecular complexity index is 469. The SMILES string of the molecule is O=C(O)CCCc1csc(NC(=O)C2CCCOC2)n1. The van der Waals surface area contributed by atoms with Gasteiger partial charge in [0.05, 0.1) is 18.2 Å². The van der Waals surface area contributed by atoms with Gasteiger partial charge in [0.1, 0.15) is 0 Å². The Morgan fingerprint density at radius 3 is 3.10 bits per heavy atom. The van der Waals surface area contributed by atoms with Crippen molar-refractivity contribution in [3.63, 3.8) is 0 Å². The molecule has 0 saturated carbocycles. The normalized spacial score (nSPS) is 18.7. The smallest absolute Gasteiger partial charge is 0.303 e. The Hall–Kier alpha value is -1.47. The number of aliphatic carboxylic acids is 1. The molecule has 0 spiro atoms. The van der Waals surface area contributed by atoms with E-state index in [1.165, 1.54) is 11.3 Å². The predicted molar refractivity (Wildman–Crippen MR) is 74.9 cm³/mol. The van der Waals surface area contributed by atoms with Gasteiger partial charge in [-0.05, 0) is 25.7 Å². The van der Waals surface area contributed by atoms with Crippen molar-refractivity contribution in [2.24, 2.45) is 5.92 Å². The van der Waals surface area contributed by atoms with Crippen molar-refractivity contribution in [3.8, 4) is 0 Å². The Labute approximate surface area is 121 Å². The van der Waals surface area contributed by atoms with Crippen molar-refractivity contribution in [1.29, 1.82) is 0 Å². The lowest BCUT2D eigenvalue weighted by Gasteiger charge is -2.20. The number of hydrogen-bond donors (Lipinski definition) is 2. The van der Waals surface area contributed by atoms with Gasteiger partial charge in [-0.2, -0.15) is 0 Å². The summed E-state index contributed by atoms with van der Waals surface area (Å²) in [6, 6.07) is 0. The van der Waals surface area contributed by atoms with Crippen LogP contribution in [0.4, 0.5) is 5.13 Å². The molecule has 0 radical (unpaired) electrons. The standard InChI is InChI=1S/C13H18N2O4S/c16-11(17)5-1-4-10-8-20-13(14-10)15-12(18)9-3-2-6-19-7-9/h8-9H,1-7H2,(H,16,17)(H,14,15,18). The predicted octanol–water partition coefficient (Wildman–Crippen LogP) is 1.92.